The first-order valence-corrected chi connectivity index (χ1v) is 9.72. The summed E-state index contributed by atoms with van der Waals surface area (Å²) in [6, 6.07) is 0. The topological polar surface area (TPSA) is 84.7 Å². The fourth-order valence-electron chi connectivity index (χ4n) is 2.90. The van der Waals surface area contributed by atoms with E-state index in [4.69, 9.17) is 10.5 Å². The van der Waals surface area contributed by atoms with Gasteiger partial charge in [0.1, 0.15) is 15.6 Å². The normalized spacial score (nSPS) is 14.4. The number of anilines is 3. The average molecular weight is 368 g/mol. The van der Waals surface area contributed by atoms with E-state index in [1.165, 1.54) is 11.3 Å². The molecule has 3 N–H and O–H groups in total. The zero-order valence-corrected chi connectivity index (χ0v) is 16.6. The first-order chi connectivity index (χ1) is 11.7. The number of carbonyl (C=O) groups excluding carboxylic acids is 2. The standard InChI is InChI=1S/C18H29N3O3S/c1-6-11(7-2)14(22)20-15-13(19)12-9-8-10-21(16(12)25-15)17(23)24-18(3,4)5/h11H,6-10,19H2,1-5H3,(H,20,22). The molecule has 0 radical (unpaired) electrons. The van der Waals surface area contributed by atoms with Crippen LogP contribution in [0.25, 0.3) is 0 Å². The highest BCUT2D eigenvalue weighted by molar-refractivity contribution is 7.21. The van der Waals surface area contributed by atoms with E-state index in [9.17, 15) is 9.59 Å². The maximum Gasteiger partial charge on any atom is 0.415 e. The SMILES string of the molecule is CCC(CC)C(=O)Nc1sc2c(c1N)CCCN2C(=O)OC(C)(C)C. The molecule has 2 amide bonds. The minimum atomic E-state index is -0.552. The highest BCUT2D eigenvalue weighted by Gasteiger charge is 2.32. The Balaban J connectivity index is 2.25. The van der Waals surface area contributed by atoms with Gasteiger partial charge in [0, 0.05) is 18.0 Å². The second-order valence-corrected chi connectivity index (χ2v) is 8.37. The van der Waals surface area contributed by atoms with Gasteiger partial charge in [-0.15, -0.1) is 0 Å². The third-order valence-electron chi connectivity index (χ3n) is 4.29. The number of ether oxygens (including phenoxy) is 1. The van der Waals surface area contributed by atoms with Crippen molar-refractivity contribution in [3.8, 4) is 0 Å². The molecule has 0 aliphatic carbocycles. The van der Waals surface area contributed by atoms with E-state index in [-0.39, 0.29) is 17.9 Å². The van der Waals surface area contributed by atoms with Crippen LogP contribution in [0.3, 0.4) is 0 Å². The van der Waals surface area contributed by atoms with Crippen molar-refractivity contribution in [1.29, 1.82) is 0 Å². The van der Waals surface area contributed by atoms with Gasteiger partial charge in [-0.1, -0.05) is 25.2 Å². The van der Waals surface area contributed by atoms with E-state index in [0.717, 1.165) is 36.2 Å². The van der Waals surface area contributed by atoms with Crippen LogP contribution in [0.4, 0.5) is 20.5 Å². The lowest BCUT2D eigenvalue weighted by molar-refractivity contribution is -0.120. The van der Waals surface area contributed by atoms with E-state index in [0.29, 0.717) is 17.2 Å². The molecule has 1 aliphatic rings. The van der Waals surface area contributed by atoms with E-state index >= 15 is 0 Å². The summed E-state index contributed by atoms with van der Waals surface area (Å²) in [4.78, 5) is 26.5. The maximum atomic E-state index is 12.5. The van der Waals surface area contributed by atoms with Crippen molar-refractivity contribution in [2.24, 2.45) is 5.92 Å². The third kappa shape index (κ3) is 4.45. The molecule has 0 saturated heterocycles. The number of rotatable bonds is 4. The van der Waals surface area contributed by atoms with Gasteiger partial charge < -0.3 is 15.8 Å². The minimum Gasteiger partial charge on any atom is -0.443 e. The molecule has 2 heterocycles. The maximum absolute atomic E-state index is 12.5. The zero-order valence-electron chi connectivity index (χ0n) is 15.8. The number of amides is 2. The van der Waals surface area contributed by atoms with Crippen molar-refractivity contribution in [2.45, 2.75) is 65.9 Å². The quantitative estimate of drug-likeness (QED) is 0.826. The molecule has 0 saturated carbocycles. The summed E-state index contributed by atoms with van der Waals surface area (Å²) in [5.41, 5.74) is 7.22. The summed E-state index contributed by atoms with van der Waals surface area (Å²) in [7, 11) is 0. The molecule has 0 unspecified atom stereocenters. The van der Waals surface area contributed by atoms with Gasteiger partial charge in [0.2, 0.25) is 5.91 Å². The highest BCUT2D eigenvalue weighted by Crippen LogP contribution is 2.45. The summed E-state index contributed by atoms with van der Waals surface area (Å²) in [6.45, 7) is 10.1. The van der Waals surface area contributed by atoms with Gasteiger partial charge in [-0.25, -0.2) is 4.79 Å². The van der Waals surface area contributed by atoms with E-state index in [2.05, 4.69) is 5.32 Å². The van der Waals surface area contributed by atoms with Gasteiger partial charge in [0.05, 0.1) is 5.69 Å². The molecule has 0 fully saturated rings. The van der Waals surface area contributed by atoms with Crippen molar-refractivity contribution >= 4 is 39.0 Å². The Bertz CT molecular complexity index is 645. The predicted octanol–water partition coefficient (Wildman–Crippen LogP) is 4.39. The van der Waals surface area contributed by atoms with Crippen molar-refractivity contribution in [2.75, 3.05) is 22.5 Å². The van der Waals surface area contributed by atoms with Crippen LogP contribution in [0.2, 0.25) is 0 Å². The molecule has 1 aliphatic heterocycles. The smallest absolute Gasteiger partial charge is 0.415 e. The molecular weight excluding hydrogens is 338 g/mol. The fraction of sp³-hybridized carbons (Fsp3) is 0.667. The Kier molecular flexibility index (Phi) is 5.98. The monoisotopic (exact) mass is 367 g/mol. The molecule has 0 aromatic carbocycles. The number of hydrogen-bond donors (Lipinski definition) is 2. The molecule has 0 spiro atoms. The first kappa shape index (κ1) is 19.6. The van der Waals surface area contributed by atoms with Crippen LogP contribution in [0.5, 0.6) is 0 Å². The van der Waals surface area contributed by atoms with Gasteiger partial charge in [-0.3, -0.25) is 9.69 Å². The minimum absolute atomic E-state index is 0.0147. The van der Waals surface area contributed by atoms with Crippen LogP contribution in [0.1, 0.15) is 59.4 Å². The number of nitrogens with two attached hydrogens (primary N) is 1. The van der Waals surface area contributed by atoms with Crippen molar-refractivity contribution in [3.05, 3.63) is 5.56 Å². The van der Waals surface area contributed by atoms with E-state index in [1.54, 1.807) is 4.90 Å². The first-order valence-electron chi connectivity index (χ1n) is 8.90. The highest BCUT2D eigenvalue weighted by atomic mass is 32.1. The lowest BCUT2D eigenvalue weighted by Gasteiger charge is -2.29. The van der Waals surface area contributed by atoms with Crippen molar-refractivity contribution < 1.29 is 14.3 Å². The Hall–Kier alpha value is -1.76. The number of fused-ring (bicyclic) bond motifs is 1. The van der Waals surface area contributed by atoms with Crippen LogP contribution in [-0.4, -0.2) is 24.1 Å². The Morgan fingerprint density at radius 3 is 2.52 bits per heavy atom. The number of nitrogens with one attached hydrogen (secondary N) is 1. The Morgan fingerprint density at radius 2 is 1.96 bits per heavy atom. The summed E-state index contributed by atoms with van der Waals surface area (Å²) in [6.07, 6.45) is 2.84. The van der Waals surface area contributed by atoms with Crippen LogP contribution in [0.15, 0.2) is 0 Å². The van der Waals surface area contributed by atoms with Gasteiger partial charge >= 0.3 is 6.09 Å². The number of thiophene rings is 1. The van der Waals surface area contributed by atoms with Crippen LogP contribution >= 0.6 is 11.3 Å². The van der Waals surface area contributed by atoms with Gasteiger partial charge in [0.15, 0.2) is 0 Å². The molecule has 1 aromatic rings. The van der Waals surface area contributed by atoms with Gasteiger partial charge in [-0.2, -0.15) is 0 Å². The number of nitrogens with zero attached hydrogens (tertiary/aromatic N) is 1. The molecule has 2 rings (SSSR count). The van der Waals surface area contributed by atoms with Crippen LogP contribution in [-0.2, 0) is 16.0 Å². The molecule has 140 valence electrons. The predicted molar refractivity (Wildman–Crippen MR) is 103 cm³/mol. The second-order valence-electron chi connectivity index (χ2n) is 7.37. The van der Waals surface area contributed by atoms with Crippen LogP contribution in [0, 0.1) is 5.92 Å². The molecule has 7 heteroatoms. The van der Waals surface area contributed by atoms with E-state index in [1.807, 2.05) is 34.6 Å². The second kappa shape index (κ2) is 7.64. The zero-order chi connectivity index (χ0) is 18.8. The Labute approximate surface area is 153 Å². The summed E-state index contributed by atoms with van der Waals surface area (Å²) in [5, 5.41) is 4.38. The lowest BCUT2D eigenvalue weighted by atomic mass is 10.0. The molecule has 25 heavy (non-hydrogen) atoms. The average Bonchev–Trinajstić information content (AvgIpc) is 2.83. The molecule has 0 atom stereocenters. The van der Waals surface area contributed by atoms with Crippen molar-refractivity contribution in [1.82, 2.24) is 0 Å². The molecular formula is C18H29N3O3S. The van der Waals surface area contributed by atoms with Crippen LogP contribution < -0.4 is 16.0 Å². The lowest BCUT2D eigenvalue weighted by Crippen LogP contribution is -2.39. The summed E-state index contributed by atoms with van der Waals surface area (Å²) in [5.74, 6) is -0.0420. The number of nitrogen functional groups attached to an aromatic ring is 1. The van der Waals surface area contributed by atoms with Gasteiger partial charge in [0.25, 0.3) is 0 Å². The van der Waals surface area contributed by atoms with E-state index < -0.39 is 5.60 Å². The third-order valence-corrected chi connectivity index (χ3v) is 5.47. The fourth-order valence-corrected chi connectivity index (χ4v) is 4.09. The Morgan fingerprint density at radius 1 is 1.32 bits per heavy atom. The largest absolute Gasteiger partial charge is 0.443 e. The summed E-state index contributed by atoms with van der Waals surface area (Å²) < 4.78 is 5.50. The number of carbonyl (C=O) groups is 2. The van der Waals surface area contributed by atoms with Crippen molar-refractivity contribution in [3.63, 3.8) is 0 Å². The number of hydrogen-bond acceptors (Lipinski definition) is 5. The molecule has 0 bridgehead atoms. The molecule has 1 aromatic heterocycles. The summed E-state index contributed by atoms with van der Waals surface area (Å²) >= 11 is 1.36. The molecule has 6 nitrogen and oxygen atoms in total. The van der Waals surface area contributed by atoms with Gasteiger partial charge in [-0.05, 0) is 46.5 Å².